The Morgan fingerprint density at radius 1 is 1.05 bits per heavy atom. The molecule has 2 aromatic rings. The predicted octanol–water partition coefficient (Wildman–Crippen LogP) is 4.14. The molecule has 200 valence electrons. The maximum atomic E-state index is 14.9. The Labute approximate surface area is 220 Å². The van der Waals surface area contributed by atoms with Crippen LogP contribution in [0.15, 0.2) is 66.5 Å². The van der Waals surface area contributed by atoms with Gasteiger partial charge in [-0.25, -0.2) is 14.1 Å². The van der Waals surface area contributed by atoms with Gasteiger partial charge in [0.2, 0.25) is 5.91 Å². The standard InChI is InChI=1S/C29H31FN2O6/c1-18(2)15-24(30)25(33)23(13-8-14-31-26(34)21-11-6-7-12-22(21)27(31)35)28(36)32-20(17-38-29(32)37)16-19-9-4-3-5-10-19/h3-7,9-12,15,18,20,23,25,33H,8,13-14,16-17H2,1-2H3/b24-15-/t20-,23-,25-/m1/s1. The number of carbonyl (C=O) groups excluding carboxylic acids is 4. The van der Waals surface area contributed by atoms with E-state index in [0.29, 0.717) is 17.5 Å². The van der Waals surface area contributed by atoms with E-state index >= 15 is 0 Å². The molecular weight excluding hydrogens is 491 g/mol. The maximum Gasteiger partial charge on any atom is 0.416 e. The number of cyclic esters (lactones) is 1. The third-order valence-corrected chi connectivity index (χ3v) is 6.76. The Morgan fingerprint density at radius 2 is 1.66 bits per heavy atom. The number of fused-ring (bicyclic) bond motifs is 1. The van der Waals surface area contributed by atoms with E-state index in [2.05, 4.69) is 0 Å². The average molecular weight is 523 g/mol. The molecule has 0 aromatic heterocycles. The van der Waals surface area contributed by atoms with Crippen LogP contribution in [0.4, 0.5) is 9.18 Å². The number of nitrogens with zero attached hydrogens (tertiary/aromatic N) is 2. The molecule has 0 radical (unpaired) electrons. The summed E-state index contributed by atoms with van der Waals surface area (Å²) in [5.41, 5.74) is 1.50. The number of imide groups is 2. The smallest absolute Gasteiger partial charge is 0.416 e. The van der Waals surface area contributed by atoms with Gasteiger partial charge < -0.3 is 9.84 Å². The topological polar surface area (TPSA) is 104 Å². The summed E-state index contributed by atoms with van der Waals surface area (Å²) in [5.74, 6) is -4.04. The van der Waals surface area contributed by atoms with Crippen LogP contribution in [0.25, 0.3) is 0 Å². The van der Waals surface area contributed by atoms with Crippen molar-refractivity contribution < 1.29 is 33.4 Å². The van der Waals surface area contributed by atoms with Crippen molar-refractivity contribution in [1.82, 2.24) is 9.80 Å². The van der Waals surface area contributed by atoms with Gasteiger partial charge in [-0.2, -0.15) is 0 Å². The summed E-state index contributed by atoms with van der Waals surface area (Å²) < 4.78 is 20.1. The fourth-order valence-electron chi connectivity index (χ4n) is 4.88. The van der Waals surface area contributed by atoms with Crippen molar-refractivity contribution >= 4 is 23.8 Å². The van der Waals surface area contributed by atoms with Crippen molar-refractivity contribution in [2.45, 2.75) is 45.3 Å². The zero-order valence-electron chi connectivity index (χ0n) is 21.4. The first-order chi connectivity index (χ1) is 18.2. The number of halogens is 1. The summed E-state index contributed by atoms with van der Waals surface area (Å²) >= 11 is 0. The molecule has 0 aliphatic carbocycles. The second-order valence-electron chi connectivity index (χ2n) is 9.93. The number of amides is 4. The zero-order valence-corrected chi connectivity index (χ0v) is 21.4. The lowest BCUT2D eigenvalue weighted by atomic mass is 9.92. The van der Waals surface area contributed by atoms with Crippen LogP contribution in [0.1, 0.15) is 53.0 Å². The average Bonchev–Trinajstić information content (AvgIpc) is 3.38. The molecule has 8 nitrogen and oxygen atoms in total. The Balaban J connectivity index is 1.52. The van der Waals surface area contributed by atoms with E-state index in [4.69, 9.17) is 4.74 Å². The molecule has 0 saturated carbocycles. The van der Waals surface area contributed by atoms with Crippen LogP contribution in [0.3, 0.4) is 0 Å². The van der Waals surface area contributed by atoms with Gasteiger partial charge in [-0.1, -0.05) is 56.3 Å². The van der Waals surface area contributed by atoms with Crippen LogP contribution >= 0.6 is 0 Å². The van der Waals surface area contributed by atoms with Crippen LogP contribution in [-0.2, 0) is 16.0 Å². The molecule has 1 fully saturated rings. The molecule has 0 bridgehead atoms. The summed E-state index contributed by atoms with van der Waals surface area (Å²) in [7, 11) is 0. The third kappa shape index (κ3) is 5.67. The summed E-state index contributed by atoms with van der Waals surface area (Å²) in [6.45, 7) is 3.44. The Hall–Kier alpha value is -3.85. The number of hydrogen-bond acceptors (Lipinski definition) is 6. The minimum absolute atomic E-state index is 0.0123. The second-order valence-corrected chi connectivity index (χ2v) is 9.93. The van der Waals surface area contributed by atoms with E-state index in [1.54, 1.807) is 38.1 Å². The van der Waals surface area contributed by atoms with Crippen LogP contribution in [-0.4, -0.2) is 64.0 Å². The number of aliphatic hydroxyl groups is 1. The molecular formula is C29H31FN2O6. The lowest BCUT2D eigenvalue weighted by Crippen LogP contribution is -2.47. The molecule has 4 rings (SSSR count). The second kappa shape index (κ2) is 11.7. The largest absolute Gasteiger partial charge is 0.447 e. The van der Waals surface area contributed by atoms with Gasteiger partial charge >= 0.3 is 6.09 Å². The van der Waals surface area contributed by atoms with Gasteiger partial charge in [0.25, 0.3) is 11.8 Å². The number of benzene rings is 2. The highest BCUT2D eigenvalue weighted by Gasteiger charge is 2.44. The van der Waals surface area contributed by atoms with Crippen molar-refractivity contribution in [2.75, 3.05) is 13.2 Å². The first kappa shape index (κ1) is 27.2. The molecule has 2 aromatic carbocycles. The third-order valence-electron chi connectivity index (χ3n) is 6.76. The van der Waals surface area contributed by atoms with Gasteiger partial charge in [0.1, 0.15) is 18.5 Å². The fourth-order valence-corrected chi connectivity index (χ4v) is 4.88. The van der Waals surface area contributed by atoms with Gasteiger partial charge in [0.15, 0.2) is 0 Å². The molecule has 0 spiro atoms. The molecule has 2 aliphatic rings. The van der Waals surface area contributed by atoms with Gasteiger partial charge in [-0.15, -0.1) is 0 Å². The Bertz CT molecular complexity index is 1210. The highest BCUT2D eigenvalue weighted by molar-refractivity contribution is 6.21. The summed E-state index contributed by atoms with van der Waals surface area (Å²) in [5, 5.41) is 10.9. The van der Waals surface area contributed by atoms with E-state index in [-0.39, 0.29) is 31.9 Å². The number of hydrogen-bond donors (Lipinski definition) is 1. The number of ether oxygens (including phenoxy) is 1. The van der Waals surface area contributed by atoms with Gasteiger partial charge in [0.05, 0.1) is 23.1 Å². The fraction of sp³-hybridized carbons (Fsp3) is 0.379. The van der Waals surface area contributed by atoms with Crippen LogP contribution in [0.2, 0.25) is 0 Å². The molecule has 4 amide bonds. The molecule has 2 heterocycles. The van der Waals surface area contributed by atoms with Crippen molar-refractivity contribution in [3.05, 3.63) is 83.2 Å². The van der Waals surface area contributed by atoms with Gasteiger partial charge in [-0.05, 0) is 49.0 Å². The molecule has 3 atom stereocenters. The molecule has 9 heteroatoms. The van der Waals surface area contributed by atoms with E-state index in [1.807, 2.05) is 30.3 Å². The number of allylic oxidation sites excluding steroid dienone is 1. The summed E-state index contributed by atoms with van der Waals surface area (Å²) in [6, 6.07) is 15.2. The molecule has 1 N–H and O–H groups in total. The number of rotatable bonds is 10. The first-order valence-electron chi connectivity index (χ1n) is 12.7. The zero-order chi connectivity index (χ0) is 27.4. The monoisotopic (exact) mass is 522 g/mol. The minimum atomic E-state index is -1.79. The van der Waals surface area contributed by atoms with Gasteiger partial charge in [0, 0.05) is 6.54 Å². The van der Waals surface area contributed by atoms with Crippen LogP contribution < -0.4 is 0 Å². The lowest BCUT2D eigenvalue weighted by molar-refractivity contribution is -0.137. The van der Waals surface area contributed by atoms with Crippen LogP contribution in [0, 0.1) is 11.8 Å². The highest BCUT2D eigenvalue weighted by atomic mass is 19.1. The maximum absolute atomic E-state index is 14.9. The van der Waals surface area contributed by atoms with Crippen molar-refractivity contribution in [3.8, 4) is 0 Å². The SMILES string of the molecule is CC(C)/C=C(\F)[C@H](O)[C@@H](CCCN1C(=O)c2ccccc2C1=O)C(=O)N1C(=O)OC[C@H]1Cc1ccccc1. The number of carbonyl (C=O) groups is 4. The molecule has 38 heavy (non-hydrogen) atoms. The predicted molar refractivity (Wildman–Crippen MR) is 137 cm³/mol. The van der Waals surface area contributed by atoms with Crippen molar-refractivity contribution in [3.63, 3.8) is 0 Å². The first-order valence-corrected chi connectivity index (χ1v) is 12.7. The van der Waals surface area contributed by atoms with E-state index in [1.165, 1.54) is 6.08 Å². The minimum Gasteiger partial charge on any atom is -0.447 e. The summed E-state index contributed by atoms with van der Waals surface area (Å²) in [6.07, 6.45) is -1.01. The quantitative estimate of drug-likeness (QED) is 0.471. The van der Waals surface area contributed by atoms with Crippen LogP contribution in [0.5, 0.6) is 0 Å². The molecule has 0 unspecified atom stereocenters. The molecule has 1 saturated heterocycles. The number of aliphatic hydroxyl groups excluding tert-OH is 1. The van der Waals surface area contributed by atoms with Gasteiger partial charge in [-0.3, -0.25) is 19.3 Å². The molecule has 2 aliphatic heterocycles. The van der Waals surface area contributed by atoms with Crippen molar-refractivity contribution in [1.29, 1.82) is 0 Å². The van der Waals surface area contributed by atoms with E-state index < -0.39 is 47.7 Å². The van der Waals surface area contributed by atoms with E-state index in [9.17, 15) is 28.7 Å². The lowest BCUT2D eigenvalue weighted by Gasteiger charge is -2.28. The Kier molecular flexibility index (Phi) is 8.36. The summed E-state index contributed by atoms with van der Waals surface area (Å²) in [4.78, 5) is 53.7. The normalized spacial score (nSPS) is 19.1. The van der Waals surface area contributed by atoms with E-state index in [0.717, 1.165) is 15.4 Å². The van der Waals surface area contributed by atoms with Crippen molar-refractivity contribution in [2.24, 2.45) is 11.8 Å². The Morgan fingerprint density at radius 3 is 2.26 bits per heavy atom. The highest BCUT2D eigenvalue weighted by Crippen LogP contribution is 2.29.